The maximum atomic E-state index is 12.7. The molecule has 18 nitrogen and oxygen atoms in total. The number of likely N-dealkylation sites (N-methyl/N-ethyl adjacent to an activating group) is 2. The molecule has 12 unspecified atom stereocenters. The maximum Gasteiger partial charge on any atom is 0.222 e. The van der Waals surface area contributed by atoms with E-state index in [-0.39, 0.29) is 85.0 Å². The van der Waals surface area contributed by atoms with Gasteiger partial charge in [-0.1, -0.05) is 0 Å². The molecular weight excluding hydrogens is 652 g/mol. The SMILES string of the molecule is COCN1C2C3N(C)C4C(N2C)N(COC)C(C1N3C(C)=O)N4C(C)=O.COCN1C2CC3C4CC2N(C(C)=O)C1C(N3COC)N4C(C)=O. The summed E-state index contributed by atoms with van der Waals surface area (Å²) in [5.41, 5.74) is 0. The van der Waals surface area contributed by atoms with Crippen LogP contribution in [0.2, 0.25) is 0 Å². The molecule has 18 heteroatoms. The Kier molecular flexibility index (Phi) is 9.44. The molecule has 0 aromatic rings. The van der Waals surface area contributed by atoms with Crippen molar-refractivity contribution in [2.24, 2.45) is 0 Å². The second kappa shape index (κ2) is 13.2. The Morgan fingerprint density at radius 1 is 0.420 bits per heavy atom. The van der Waals surface area contributed by atoms with Gasteiger partial charge in [0.15, 0.2) is 0 Å². The Balaban J connectivity index is 0.000000157. The largest absolute Gasteiger partial charge is 0.369 e. The topological polar surface area (TPSA) is 138 Å². The molecule has 1 aliphatic carbocycles. The van der Waals surface area contributed by atoms with Crippen LogP contribution in [0.4, 0.5) is 0 Å². The van der Waals surface area contributed by atoms with Gasteiger partial charge >= 0.3 is 0 Å². The summed E-state index contributed by atoms with van der Waals surface area (Å²) in [7, 11) is 10.7. The van der Waals surface area contributed by atoms with Crippen LogP contribution in [0.5, 0.6) is 0 Å². The van der Waals surface area contributed by atoms with Crippen molar-refractivity contribution in [3.8, 4) is 0 Å². The van der Waals surface area contributed by atoms with Crippen LogP contribution in [-0.2, 0) is 38.1 Å². The van der Waals surface area contributed by atoms with Crippen LogP contribution in [0.25, 0.3) is 0 Å². The highest BCUT2D eigenvalue weighted by molar-refractivity contribution is 5.78. The van der Waals surface area contributed by atoms with E-state index in [2.05, 4.69) is 36.4 Å². The second-order valence-electron chi connectivity index (χ2n) is 14.8. The average molecular weight is 707 g/mol. The van der Waals surface area contributed by atoms with E-state index in [1.165, 1.54) is 0 Å². The van der Waals surface area contributed by atoms with Gasteiger partial charge in [0.1, 0.15) is 76.2 Å². The molecule has 9 aliphatic heterocycles. The average Bonchev–Trinajstić information content (AvgIpc) is 3.68. The van der Waals surface area contributed by atoms with Gasteiger partial charge in [-0.05, 0) is 26.9 Å². The van der Waals surface area contributed by atoms with E-state index in [1.807, 2.05) is 26.6 Å². The van der Waals surface area contributed by atoms with Crippen molar-refractivity contribution >= 4 is 23.6 Å². The molecule has 1 saturated carbocycles. The molecule has 9 heterocycles. The summed E-state index contributed by atoms with van der Waals surface area (Å²) in [5.74, 6) is 0.132. The number of methoxy groups -OCH3 is 4. The lowest BCUT2D eigenvalue weighted by Crippen LogP contribution is -2.72. The summed E-state index contributed by atoms with van der Waals surface area (Å²) in [6, 6.07) is 0.915. The molecule has 0 aromatic carbocycles. The fourth-order valence-electron chi connectivity index (χ4n) is 11.2. The molecule has 0 radical (unpaired) electrons. The highest BCUT2D eigenvalue weighted by Gasteiger charge is 2.72. The third-order valence-corrected chi connectivity index (χ3v) is 12.5. The highest BCUT2D eigenvalue weighted by atomic mass is 16.5. The summed E-state index contributed by atoms with van der Waals surface area (Å²) in [5, 5.41) is 0. The first-order valence-electron chi connectivity index (χ1n) is 17.5. The molecule has 12 bridgehead atoms. The zero-order valence-corrected chi connectivity index (χ0v) is 30.9. The molecule has 0 N–H and O–H groups in total. The van der Waals surface area contributed by atoms with Crippen molar-refractivity contribution < 1.29 is 38.1 Å². The smallest absolute Gasteiger partial charge is 0.222 e. The van der Waals surface area contributed by atoms with Crippen molar-refractivity contribution in [3.63, 3.8) is 0 Å². The number of hydrogen-bond donors (Lipinski definition) is 0. The summed E-state index contributed by atoms with van der Waals surface area (Å²) >= 11 is 0. The number of piperazine rings is 1. The predicted octanol–water partition coefficient (Wildman–Crippen LogP) is -2.17. The van der Waals surface area contributed by atoms with Gasteiger partial charge in [-0.2, -0.15) is 0 Å². The number of amides is 4. The van der Waals surface area contributed by atoms with Crippen LogP contribution in [0.15, 0.2) is 0 Å². The fraction of sp³-hybridized carbons (Fsp3) is 0.875. The molecule has 4 amide bonds. The molecule has 0 spiro atoms. The van der Waals surface area contributed by atoms with E-state index < -0.39 is 0 Å². The monoisotopic (exact) mass is 706 g/mol. The Labute approximate surface area is 294 Å². The molecular formula is C32H54N10O8. The maximum absolute atomic E-state index is 12.7. The van der Waals surface area contributed by atoms with Crippen LogP contribution >= 0.6 is 0 Å². The lowest BCUT2D eigenvalue weighted by atomic mass is 9.82. The molecule has 10 fully saturated rings. The molecule has 0 aromatic heterocycles. The minimum absolute atomic E-state index is 0.00396. The van der Waals surface area contributed by atoms with Gasteiger partial charge in [0, 0.05) is 68.2 Å². The van der Waals surface area contributed by atoms with Crippen molar-refractivity contribution in [1.82, 2.24) is 49.0 Å². The molecule has 50 heavy (non-hydrogen) atoms. The number of nitrogens with zero attached hydrogens (tertiary/aromatic N) is 10. The van der Waals surface area contributed by atoms with E-state index in [4.69, 9.17) is 18.9 Å². The first kappa shape index (κ1) is 35.9. The van der Waals surface area contributed by atoms with Crippen molar-refractivity contribution in [3.05, 3.63) is 0 Å². The zero-order chi connectivity index (χ0) is 36.1. The van der Waals surface area contributed by atoms with Gasteiger partial charge < -0.3 is 38.5 Å². The van der Waals surface area contributed by atoms with E-state index in [0.29, 0.717) is 39.0 Å². The van der Waals surface area contributed by atoms with Crippen LogP contribution < -0.4 is 0 Å². The van der Waals surface area contributed by atoms with Gasteiger partial charge in [0.25, 0.3) is 0 Å². The lowest BCUT2D eigenvalue weighted by molar-refractivity contribution is -0.164. The number of ether oxygens (including phenoxy) is 4. The van der Waals surface area contributed by atoms with Gasteiger partial charge in [0.05, 0.1) is 12.1 Å². The number of carbonyl (C=O) groups excluding carboxylic acids is 4. The van der Waals surface area contributed by atoms with Crippen LogP contribution in [-0.4, -0.2) is 216 Å². The lowest BCUT2D eigenvalue weighted by Gasteiger charge is -2.52. The van der Waals surface area contributed by atoms with Crippen LogP contribution in [0, 0.1) is 0 Å². The van der Waals surface area contributed by atoms with E-state index >= 15 is 0 Å². The molecule has 280 valence electrons. The summed E-state index contributed by atoms with van der Waals surface area (Å²) < 4.78 is 21.9. The number of hydrogen-bond acceptors (Lipinski definition) is 14. The van der Waals surface area contributed by atoms with E-state index in [0.717, 1.165) is 12.8 Å². The van der Waals surface area contributed by atoms with Crippen molar-refractivity contribution in [1.29, 1.82) is 0 Å². The van der Waals surface area contributed by atoms with Crippen molar-refractivity contribution in [2.75, 3.05) is 69.5 Å². The zero-order valence-electron chi connectivity index (χ0n) is 30.9. The van der Waals surface area contributed by atoms with Crippen molar-refractivity contribution in [2.45, 2.75) is 114 Å². The van der Waals surface area contributed by atoms with E-state index in [9.17, 15) is 19.2 Å². The standard InChI is InChI=1S/C16H28N6O4.C16H26N4O4/c1-9(23)21-13-11-17(3)12-14(18(13)4)22(10(2)24)16(20(12)8-26-6)15(21)19(11)7-25-5;1-9(21)19-13-6-14-12-5-11(13)17(7-23-3)15(19)16(18(12)8-24-4)20(14)10(2)22/h11-16H,7-8H2,1-6H3;11-16H,5-8H2,1-4H3. The molecule has 9 saturated heterocycles. The van der Waals surface area contributed by atoms with E-state index in [1.54, 1.807) is 56.1 Å². The fourth-order valence-corrected chi connectivity index (χ4v) is 11.2. The second-order valence-corrected chi connectivity index (χ2v) is 14.8. The third kappa shape index (κ3) is 4.76. The van der Waals surface area contributed by atoms with Gasteiger partial charge in [0.2, 0.25) is 23.6 Å². The first-order chi connectivity index (χ1) is 23.9. The summed E-state index contributed by atoms with van der Waals surface area (Å²) in [4.78, 5) is 71.3. The third-order valence-electron chi connectivity index (χ3n) is 12.5. The van der Waals surface area contributed by atoms with Crippen LogP contribution in [0.3, 0.4) is 0 Å². The molecule has 10 aliphatic rings. The molecule has 12 atom stereocenters. The minimum Gasteiger partial charge on any atom is -0.369 e. The van der Waals surface area contributed by atoms with Gasteiger partial charge in [-0.15, -0.1) is 0 Å². The van der Waals surface area contributed by atoms with Gasteiger partial charge in [-0.25, -0.2) is 9.80 Å². The van der Waals surface area contributed by atoms with Gasteiger partial charge in [-0.3, -0.25) is 38.8 Å². The quantitative estimate of drug-likeness (QED) is 0.271. The molecule has 10 rings (SSSR count). The Morgan fingerprint density at radius 2 is 0.700 bits per heavy atom. The number of carbonyl (C=O) groups is 4. The Hall–Kier alpha value is -2.52. The number of rotatable bonds is 8. The normalized spacial score (nSPS) is 40.4. The minimum atomic E-state index is -0.288. The Bertz CT molecular complexity index is 1280. The highest BCUT2D eigenvalue weighted by Crippen LogP contribution is 2.52. The van der Waals surface area contributed by atoms with Crippen LogP contribution in [0.1, 0.15) is 40.5 Å². The summed E-state index contributed by atoms with van der Waals surface area (Å²) in [6.45, 7) is 8.15. The first-order valence-corrected chi connectivity index (χ1v) is 17.5. The predicted molar refractivity (Wildman–Crippen MR) is 175 cm³/mol. The Morgan fingerprint density at radius 3 is 1.02 bits per heavy atom. The summed E-state index contributed by atoms with van der Waals surface area (Å²) in [6.07, 6.45) is 0.577.